The topological polar surface area (TPSA) is 32.3 Å². The number of likely N-dealkylation sites (tertiary alicyclic amines) is 1. The van der Waals surface area contributed by atoms with Crippen LogP contribution in [0.4, 0.5) is 14.9 Å². The maximum absolute atomic E-state index is 13.3. The fraction of sp³-hybridized carbons (Fsp3) is 0.462. The van der Waals surface area contributed by atoms with Gasteiger partial charge in [-0.15, -0.1) is 0 Å². The van der Waals surface area contributed by atoms with Gasteiger partial charge in [0.05, 0.1) is 10.0 Å². The summed E-state index contributed by atoms with van der Waals surface area (Å²) in [4.78, 5) is 13.8. The minimum absolute atomic E-state index is 0.0985. The van der Waals surface area contributed by atoms with Gasteiger partial charge in [0.15, 0.2) is 5.82 Å². The van der Waals surface area contributed by atoms with Gasteiger partial charge in [-0.25, -0.2) is 9.18 Å². The minimum atomic E-state index is -0.670. The van der Waals surface area contributed by atoms with Gasteiger partial charge in [-0.2, -0.15) is 0 Å². The molecule has 1 aliphatic rings. The van der Waals surface area contributed by atoms with Crippen LogP contribution in [0.5, 0.6) is 0 Å². The van der Waals surface area contributed by atoms with Crippen molar-refractivity contribution in [1.82, 2.24) is 4.90 Å². The molecule has 1 heterocycles. The maximum atomic E-state index is 13.3. The van der Waals surface area contributed by atoms with Gasteiger partial charge in [-0.1, -0.05) is 36.0 Å². The molecule has 0 unspecified atom stereocenters. The largest absolute Gasteiger partial charge is 0.325 e. The number of halogens is 3. The van der Waals surface area contributed by atoms with Crippen molar-refractivity contribution in [3.8, 4) is 0 Å². The van der Waals surface area contributed by atoms with E-state index < -0.39 is 5.82 Å². The summed E-state index contributed by atoms with van der Waals surface area (Å²) < 4.78 is 13.3. The highest BCUT2D eigenvalue weighted by Crippen LogP contribution is 2.27. The Labute approximate surface area is 121 Å². The van der Waals surface area contributed by atoms with Crippen LogP contribution in [0.25, 0.3) is 0 Å². The van der Waals surface area contributed by atoms with Gasteiger partial charge in [0.2, 0.25) is 0 Å². The summed E-state index contributed by atoms with van der Waals surface area (Å²) in [6.07, 6.45) is 4.33. The highest BCUT2D eigenvalue weighted by molar-refractivity contribution is 6.35. The quantitative estimate of drug-likeness (QED) is 0.759. The van der Waals surface area contributed by atoms with E-state index in [1.807, 2.05) is 0 Å². The van der Waals surface area contributed by atoms with Crippen LogP contribution in [-0.4, -0.2) is 24.0 Å². The standard InChI is InChI=1S/C13H15Cl2FN2O/c14-10-7-9(8-11(15)12(10)16)17-13(19)18-5-3-1-2-4-6-18/h7-8H,1-6H2,(H,17,19). The lowest BCUT2D eigenvalue weighted by atomic mass is 10.2. The molecule has 0 spiro atoms. The number of hydrogen-bond donors (Lipinski definition) is 1. The predicted octanol–water partition coefficient (Wildman–Crippen LogP) is 4.54. The summed E-state index contributed by atoms with van der Waals surface area (Å²) in [5.74, 6) is -0.670. The second kappa shape index (κ2) is 6.44. The lowest BCUT2D eigenvalue weighted by Gasteiger charge is -2.21. The van der Waals surface area contributed by atoms with Gasteiger partial charge in [-0.3, -0.25) is 0 Å². The van der Waals surface area contributed by atoms with E-state index >= 15 is 0 Å². The molecule has 3 nitrogen and oxygen atoms in total. The summed E-state index contributed by atoms with van der Waals surface area (Å²) in [5, 5.41) is 2.50. The first-order valence-corrected chi connectivity index (χ1v) is 7.04. The molecule has 104 valence electrons. The van der Waals surface area contributed by atoms with Crippen molar-refractivity contribution in [3.63, 3.8) is 0 Å². The molecule has 0 aliphatic carbocycles. The molecule has 6 heteroatoms. The number of amides is 2. The molecule has 2 rings (SSSR count). The fourth-order valence-electron chi connectivity index (χ4n) is 2.10. The summed E-state index contributed by atoms with van der Waals surface area (Å²) in [7, 11) is 0. The highest BCUT2D eigenvalue weighted by Gasteiger charge is 2.16. The van der Waals surface area contributed by atoms with E-state index in [-0.39, 0.29) is 16.1 Å². The number of carbonyl (C=O) groups excluding carboxylic acids is 1. The summed E-state index contributed by atoms with van der Waals surface area (Å²) in [6, 6.07) is 2.53. The van der Waals surface area contributed by atoms with Crippen molar-refractivity contribution in [2.45, 2.75) is 25.7 Å². The molecule has 1 fully saturated rings. The molecule has 0 bridgehead atoms. The lowest BCUT2D eigenvalue weighted by Crippen LogP contribution is -2.35. The number of benzene rings is 1. The predicted molar refractivity (Wildman–Crippen MR) is 75.5 cm³/mol. The van der Waals surface area contributed by atoms with Gasteiger partial charge >= 0.3 is 6.03 Å². The SMILES string of the molecule is O=C(Nc1cc(Cl)c(F)c(Cl)c1)N1CCCCCC1. The van der Waals surface area contributed by atoms with E-state index in [0.29, 0.717) is 5.69 Å². The van der Waals surface area contributed by atoms with Crippen molar-refractivity contribution < 1.29 is 9.18 Å². The fourth-order valence-corrected chi connectivity index (χ4v) is 2.59. The zero-order valence-corrected chi connectivity index (χ0v) is 11.9. The van der Waals surface area contributed by atoms with Crippen LogP contribution in [0.3, 0.4) is 0 Å². The molecule has 0 saturated carbocycles. The van der Waals surface area contributed by atoms with Crippen molar-refractivity contribution in [1.29, 1.82) is 0 Å². The minimum Gasteiger partial charge on any atom is -0.325 e. The van der Waals surface area contributed by atoms with E-state index in [1.54, 1.807) is 4.90 Å². The molecular formula is C13H15Cl2FN2O. The highest BCUT2D eigenvalue weighted by atomic mass is 35.5. The van der Waals surface area contributed by atoms with Crippen molar-refractivity contribution in [2.75, 3.05) is 18.4 Å². The lowest BCUT2D eigenvalue weighted by molar-refractivity contribution is 0.214. The molecule has 2 amide bonds. The van der Waals surface area contributed by atoms with Gasteiger partial charge in [-0.05, 0) is 25.0 Å². The Kier molecular flexibility index (Phi) is 4.88. The van der Waals surface area contributed by atoms with Gasteiger partial charge in [0.25, 0.3) is 0 Å². The Balaban J connectivity index is 2.05. The third-order valence-corrected chi connectivity index (χ3v) is 3.68. The number of nitrogens with one attached hydrogen (secondary N) is 1. The molecule has 0 radical (unpaired) electrons. The summed E-state index contributed by atoms with van der Waals surface area (Å²) in [6.45, 7) is 1.49. The number of hydrogen-bond acceptors (Lipinski definition) is 1. The Morgan fingerprint density at radius 3 is 2.16 bits per heavy atom. The van der Waals surface area contributed by atoms with Crippen molar-refractivity contribution >= 4 is 34.9 Å². The number of nitrogens with zero attached hydrogens (tertiary/aromatic N) is 1. The Morgan fingerprint density at radius 2 is 1.63 bits per heavy atom. The molecule has 0 aromatic heterocycles. The van der Waals surface area contributed by atoms with E-state index in [0.717, 1.165) is 38.8 Å². The van der Waals surface area contributed by atoms with Crippen LogP contribution in [0, 0.1) is 5.82 Å². The average molecular weight is 305 g/mol. The van der Waals surface area contributed by atoms with Gasteiger partial charge < -0.3 is 10.2 Å². The Morgan fingerprint density at radius 1 is 1.11 bits per heavy atom. The maximum Gasteiger partial charge on any atom is 0.321 e. The molecule has 1 aromatic rings. The summed E-state index contributed by atoms with van der Waals surface area (Å²) >= 11 is 11.4. The Bertz CT molecular complexity index is 451. The second-order valence-corrected chi connectivity index (χ2v) is 5.40. The van der Waals surface area contributed by atoms with Crippen LogP contribution >= 0.6 is 23.2 Å². The zero-order valence-electron chi connectivity index (χ0n) is 10.4. The molecule has 19 heavy (non-hydrogen) atoms. The first-order valence-electron chi connectivity index (χ1n) is 6.28. The first-order chi connectivity index (χ1) is 9.08. The molecule has 1 N–H and O–H groups in total. The van der Waals surface area contributed by atoms with E-state index in [9.17, 15) is 9.18 Å². The second-order valence-electron chi connectivity index (χ2n) is 4.59. The smallest absolute Gasteiger partial charge is 0.321 e. The normalized spacial score (nSPS) is 16.1. The summed E-state index contributed by atoms with van der Waals surface area (Å²) in [5.41, 5.74) is 0.408. The van der Waals surface area contributed by atoms with Gasteiger partial charge in [0.1, 0.15) is 0 Å². The third-order valence-electron chi connectivity index (χ3n) is 3.13. The van der Waals surface area contributed by atoms with E-state index in [2.05, 4.69) is 5.32 Å². The van der Waals surface area contributed by atoms with Crippen LogP contribution in [0.15, 0.2) is 12.1 Å². The zero-order chi connectivity index (χ0) is 13.8. The van der Waals surface area contributed by atoms with Gasteiger partial charge in [0, 0.05) is 18.8 Å². The molecule has 0 atom stereocenters. The molecule has 1 aromatic carbocycles. The van der Waals surface area contributed by atoms with Crippen LogP contribution in [0.2, 0.25) is 10.0 Å². The van der Waals surface area contributed by atoms with Crippen LogP contribution in [0.1, 0.15) is 25.7 Å². The van der Waals surface area contributed by atoms with Crippen LogP contribution in [-0.2, 0) is 0 Å². The monoisotopic (exact) mass is 304 g/mol. The molecule has 1 aliphatic heterocycles. The Hall–Kier alpha value is -1.00. The number of carbonyl (C=O) groups is 1. The number of anilines is 1. The first kappa shape index (κ1) is 14.4. The van der Waals surface area contributed by atoms with Crippen molar-refractivity contribution in [3.05, 3.63) is 28.0 Å². The average Bonchev–Trinajstić information content (AvgIpc) is 2.64. The van der Waals surface area contributed by atoms with E-state index in [1.165, 1.54) is 12.1 Å². The third kappa shape index (κ3) is 3.74. The molecule has 1 saturated heterocycles. The van der Waals surface area contributed by atoms with Crippen LogP contribution < -0.4 is 5.32 Å². The number of rotatable bonds is 1. The van der Waals surface area contributed by atoms with Crippen molar-refractivity contribution in [2.24, 2.45) is 0 Å². The van der Waals surface area contributed by atoms with E-state index in [4.69, 9.17) is 23.2 Å². The molecular weight excluding hydrogens is 290 g/mol. The number of urea groups is 1.